The maximum absolute atomic E-state index is 13.0. The van der Waals surface area contributed by atoms with E-state index in [1.165, 1.54) is 31.4 Å². The van der Waals surface area contributed by atoms with Crippen molar-refractivity contribution in [3.8, 4) is 0 Å². The molecule has 8 nitrogen and oxygen atoms in total. The van der Waals surface area contributed by atoms with E-state index in [-0.39, 0.29) is 37.0 Å². The van der Waals surface area contributed by atoms with E-state index in [0.717, 1.165) is 0 Å². The summed E-state index contributed by atoms with van der Waals surface area (Å²) in [6.07, 6.45) is 3.09. The number of amides is 1. The molecule has 3 aromatic rings. The molecule has 0 unspecified atom stereocenters. The SMILES string of the molecule is COCCNS(=O)(=O)c1ccc(C(=O)N(Cc2ccco2)Cc2ccco2)cc1. The fourth-order valence-electron chi connectivity index (χ4n) is 2.70. The van der Waals surface area contributed by atoms with Crippen LogP contribution in [0, 0.1) is 0 Å². The monoisotopic (exact) mass is 418 g/mol. The molecule has 0 aliphatic rings. The Balaban J connectivity index is 1.76. The second-order valence-electron chi connectivity index (χ2n) is 6.23. The van der Waals surface area contributed by atoms with Crippen molar-refractivity contribution >= 4 is 15.9 Å². The van der Waals surface area contributed by atoms with E-state index in [0.29, 0.717) is 17.1 Å². The zero-order chi connectivity index (χ0) is 20.7. The molecule has 1 amide bonds. The molecule has 154 valence electrons. The predicted molar refractivity (Wildman–Crippen MR) is 105 cm³/mol. The molecule has 0 saturated carbocycles. The number of methoxy groups -OCH3 is 1. The Kier molecular flexibility index (Phi) is 6.86. The number of nitrogens with one attached hydrogen (secondary N) is 1. The summed E-state index contributed by atoms with van der Waals surface area (Å²) in [5.74, 6) is 0.993. The first kappa shape index (κ1) is 20.8. The van der Waals surface area contributed by atoms with Gasteiger partial charge in [-0.15, -0.1) is 0 Å². The van der Waals surface area contributed by atoms with Crippen LogP contribution in [0.4, 0.5) is 0 Å². The van der Waals surface area contributed by atoms with Crippen LogP contribution < -0.4 is 4.72 Å². The first-order valence-corrected chi connectivity index (χ1v) is 10.4. The molecule has 0 saturated heterocycles. The molecule has 1 aromatic carbocycles. The average Bonchev–Trinajstić information content (AvgIpc) is 3.41. The van der Waals surface area contributed by atoms with Gasteiger partial charge in [0.25, 0.3) is 5.91 Å². The van der Waals surface area contributed by atoms with Crippen molar-refractivity contribution in [3.63, 3.8) is 0 Å². The van der Waals surface area contributed by atoms with Crippen LogP contribution in [-0.2, 0) is 27.8 Å². The number of benzene rings is 1. The molecular weight excluding hydrogens is 396 g/mol. The second kappa shape index (κ2) is 9.55. The lowest BCUT2D eigenvalue weighted by Gasteiger charge is -2.21. The number of nitrogens with zero attached hydrogens (tertiary/aromatic N) is 1. The van der Waals surface area contributed by atoms with Crippen LogP contribution in [0.25, 0.3) is 0 Å². The lowest BCUT2D eigenvalue weighted by molar-refractivity contribution is 0.0704. The van der Waals surface area contributed by atoms with Crippen LogP contribution >= 0.6 is 0 Å². The molecular formula is C20H22N2O6S. The number of carbonyl (C=O) groups is 1. The van der Waals surface area contributed by atoms with Gasteiger partial charge >= 0.3 is 0 Å². The molecule has 0 atom stereocenters. The fraction of sp³-hybridized carbons (Fsp3) is 0.250. The third-order valence-corrected chi connectivity index (χ3v) is 5.63. The van der Waals surface area contributed by atoms with E-state index in [9.17, 15) is 13.2 Å². The van der Waals surface area contributed by atoms with Crippen LogP contribution in [0.5, 0.6) is 0 Å². The van der Waals surface area contributed by atoms with Gasteiger partial charge in [0.2, 0.25) is 10.0 Å². The Morgan fingerprint density at radius 3 is 2.07 bits per heavy atom. The van der Waals surface area contributed by atoms with E-state index in [2.05, 4.69) is 4.72 Å². The van der Waals surface area contributed by atoms with Gasteiger partial charge in [-0.3, -0.25) is 4.79 Å². The lowest BCUT2D eigenvalue weighted by atomic mass is 10.2. The topological polar surface area (TPSA) is 102 Å². The van der Waals surface area contributed by atoms with Crippen molar-refractivity contribution in [2.45, 2.75) is 18.0 Å². The standard InChI is InChI=1S/C20H22N2O6S/c1-26-13-10-21-29(24,25)19-8-6-16(7-9-19)20(23)22(14-17-4-2-11-27-17)15-18-5-3-12-28-18/h2-9,11-12,21H,10,13-15H2,1H3. The Hall–Kier alpha value is -2.88. The summed E-state index contributed by atoms with van der Waals surface area (Å²) in [4.78, 5) is 14.7. The van der Waals surface area contributed by atoms with Crippen LogP contribution in [-0.4, -0.2) is 39.5 Å². The summed E-state index contributed by atoms with van der Waals surface area (Å²) in [5.41, 5.74) is 0.360. The first-order valence-electron chi connectivity index (χ1n) is 8.92. The summed E-state index contributed by atoms with van der Waals surface area (Å²) < 4.78 is 42.5. The highest BCUT2D eigenvalue weighted by molar-refractivity contribution is 7.89. The maximum Gasteiger partial charge on any atom is 0.254 e. The third kappa shape index (κ3) is 5.57. The van der Waals surface area contributed by atoms with Crippen molar-refractivity contribution in [1.82, 2.24) is 9.62 Å². The third-order valence-electron chi connectivity index (χ3n) is 4.15. The number of rotatable bonds is 10. The van der Waals surface area contributed by atoms with E-state index in [1.807, 2.05) is 0 Å². The average molecular weight is 418 g/mol. The molecule has 29 heavy (non-hydrogen) atoms. The van der Waals surface area contributed by atoms with Gasteiger partial charge in [-0.25, -0.2) is 13.1 Å². The van der Waals surface area contributed by atoms with Crippen molar-refractivity contribution in [2.24, 2.45) is 0 Å². The van der Waals surface area contributed by atoms with Gasteiger partial charge < -0.3 is 18.5 Å². The molecule has 0 fully saturated rings. The van der Waals surface area contributed by atoms with E-state index in [4.69, 9.17) is 13.6 Å². The number of carbonyl (C=O) groups excluding carboxylic acids is 1. The molecule has 0 radical (unpaired) electrons. The molecule has 1 N–H and O–H groups in total. The minimum Gasteiger partial charge on any atom is -0.467 e. The second-order valence-corrected chi connectivity index (χ2v) is 8.00. The zero-order valence-corrected chi connectivity index (χ0v) is 16.7. The Morgan fingerprint density at radius 1 is 1.00 bits per heavy atom. The Morgan fingerprint density at radius 2 is 1.59 bits per heavy atom. The van der Waals surface area contributed by atoms with Gasteiger partial charge in [0, 0.05) is 19.2 Å². The minimum absolute atomic E-state index is 0.0776. The number of sulfonamides is 1. The molecule has 0 aliphatic heterocycles. The predicted octanol–water partition coefficient (Wildman–Crippen LogP) is 2.64. The molecule has 3 rings (SSSR count). The van der Waals surface area contributed by atoms with Crippen LogP contribution in [0.3, 0.4) is 0 Å². The zero-order valence-electron chi connectivity index (χ0n) is 15.9. The highest BCUT2D eigenvalue weighted by Gasteiger charge is 2.20. The summed E-state index contributed by atoms with van der Waals surface area (Å²) in [6.45, 7) is 0.945. The van der Waals surface area contributed by atoms with Crippen LogP contribution in [0.2, 0.25) is 0 Å². The van der Waals surface area contributed by atoms with Gasteiger partial charge in [-0.05, 0) is 48.5 Å². The molecule has 0 bridgehead atoms. The largest absolute Gasteiger partial charge is 0.467 e. The number of furan rings is 2. The van der Waals surface area contributed by atoms with E-state index >= 15 is 0 Å². The van der Waals surface area contributed by atoms with Gasteiger partial charge in [-0.1, -0.05) is 0 Å². The smallest absolute Gasteiger partial charge is 0.254 e. The van der Waals surface area contributed by atoms with Crippen LogP contribution in [0.15, 0.2) is 74.8 Å². The van der Waals surface area contributed by atoms with E-state index < -0.39 is 10.0 Å². The molecule has 0 spiro atoms. The van der Waals surface area contributed by atoms with Gasteiger partial charge in [0.1, 0.15) is 11.5 Å². The Bertz CT molecular complexity index is 960. The van der Waals surface area contributed by atoms with Crippen molar-refractivity contribution in [1.29, 1.82) is 0 Å². The number of hydrogen-bond donors (Lipinski definition) is 1. The Labute approximate surface area is 169 Å². The summed E-state index contributed by atoms with van der Waals surface area (Å²) in [5, 5.41) is 0. The molecule has 2 aromatic heterocycles. The highest BCUT2D eigenvalue weighted by Crippen LogP contribution is 2.17. The van der Waals surface area contributed by atoms with Crippen molar-refractivity contribution in [3.05, 3.63) is 78.1 Å². The minimum atomic E-state index is -3.66. The van der Waals surface area contributed by atoms with Crippen molar-refractivity contribution < 1.29 is 26.8 Å². The summed E-state index contributed by atoms with van der Waals surface area (Å²) in [6, 6.07) is 12.9. The normalized spacial score (nSPS) is 11.5. The van der Waals surface area contributed by atoms with E-state index in [1.54, 1.807) is 41.7 Å². The summed E-state index contributed by atoms with van der Waals surface area (Å²) >= 11 is 0. The first-order chi connectivity index (χ1) is 14.0. The fourth-order valence-corrected chi connectivity index (χ4v) is 3.71. The quantitative estimate of drug-likeness (QED) is 0.508. The van der Waals surface area contributed by atoms with Gasteiger partial charge in [-0.2, -0.15) is 0 Å². The molecule has 9 heteroatoms. The van der Waals surface area contributed by atoms with Gasteiger partial charge in [0.05, 0.1) is 37.1 Å². The maximum atomic E-state index is 13.0. The molecule has 2 heterocycles. The molecule has 0 aliphatic carbocycles. The van der Waals surface area contributed by atoms with Crippen LogP contribution in [0.1, 0.15) is 21.9 Å². The lowest BCUT2D eigenvalue weighted by Crippen LogP contribution is -2.30. The van der Waals surface area contributed by atoms with Crippen molar-refractivity contribution in [2.75, 3.05) is 20.3 Å². The number of ether oxygens (including phenoxy) is 1. The highest BCUT2D eigenvalue weighted by atomic mass is 32.2. The summed E-state index contributed by atoms with van der Waals surface area (Å²) in [7, 11) is -2.17. The van der Waals surface area contributed by atoms with Gasteiger partial charge in [0.15, 0.2) is 0 Å². The number of hydrogen-bond acceptors (Lipinski definition) is 6.